The van der Waals surface area contributed by atoms with Gasteiger partial charge in [-0.05, 0) is 29.0 Å². The van der Waals surface area contributed by atoms with Gasteiger partial charge in [-0.15, -0.1) is 0 Å². The van der Waals surface area contributed by atoms with Crippen molar-refractivity contribution < 1.29 is 24.3 Å². The molecule has 0 saturated carbocycles. The van der Waals surface area contributed by atoms with Crippen LogP contribution in [0.1, 0.15) is 5.56 Å². The van der Waals surface area contributed by atoms with Crippen LogP contribution in [0.4, 0.5) is 5.69 Å². The van der Waals surface area contributed by atoms with Gasteiger partial charge in [0, 0.05) is 11.6 Å². The lowest BCUT2D eigenvalue weighted by molar-refractivity contribution is -0.385. The van der Waals surface area contributed by atoms with Crippen LogP contribution in [0, 0.1) is 10.1 Å². The number of nitrogens with zero attached hydrogens (tertiary/aromatic N) is 2. The number of para-hydroxylation sites is 1. The van der Waals surface area contributed by atoms with Gasteiger partial charge in [-0.2, -0.15) is 5.10 Å². The number of rotatable bonds is 4. The van der Waals surface area contributed by atoms with Crippen LogP contribution in [-0.2, 0) is 4.79 Å². The number of amides is 1. The molecule has 0 saturated heterocycles. The molecule has 0 unspecified atom stereocenters. The Morgan fingerprint density at radius 1 is 1.17 bits per heavy atom. The highest BCUT2D eigenvalue weighted by Gasteiger charge is 2.27. The number of carbonyl (C=O) groups excluding carboxylic acids is 1. The van der Waals surface area contributed by atoms with E-state index in [1.807, 2.05) is 30.3 Å². The van der Waals surface area contributed by atoms with E-state index in [1.54, 1.807) is 6.07 Å². The standard InChI is InChI=1S/C20H15N3O6/c24-19-14(6-3-7-15(19)23(26)27)10-21-22-20(25)18-11-28-16-8-12-4-1-2-5-13(12)9-17(16)29-18/h1-10,18,24H,11H2,(H,22,25)/b21-10+/t18-/m1/s1. The van der Waals surface area contributed by atoms with Crippen molar-refractivity contribution in [2.24, 2.45) is 5.10 Å². The first-order valence-electron chi connectivity index (χ1n) is 8.64. The van der Waals surface area contributed by atoms with E-state index < -0.39 is 28.4 Å². The van der Waals surface area contributed by atoms with Gasteiger partial charge < -0.3 is 14.6 Å². The molecule has 0 radical (unpaired) electrons. The van der Waals surface area contributed by atoms with Crippen LogP contribution in [0.5, 0.6) is 17.2 Å². The predicted molar refractivity (Wildman–Crippen MR) is 104 cm³/mol. The van der Waals surface area contributed by atoms with Crippen LogP contribution in [-0.4, -0.2) is 34.9 Å². The Balaban J connectivity index is 1.45. The molecule has 0 aliphatic carbocycles. The lowest BCUT2D eigenvalue weighted by Crippen LogP contribution is -2.42. The molecule has 3 aromatic carbocycles. The zero-order chi connectivity index (χ0) is 20.4. The van der Waals surface area contributed by atoms with Crippen LogP contribution < -0.4 is 14.9 Å². The summed E-state index contributed by atoms with van der Waals surface area (Å²) in [6.45, 7) is 0.00868. The SMILES string of the molecule is O=C(N/N=C/c1cccc([N+](=O)[O-])c1O)[C@H]1COc2cc3ccccc3cc2O1. The number of carbonyl (C=O) groups is 1. The normalized spacial score (nSPS) is 15.4. The van der Waals surface area contributed by atoms with E-state index >= 15 is 0 Å². The fraction of sp³-hybridized carbons (Fsp3) is 0.100. The number of nitro benzene ring substituents is 1. The van der Waals surface area contributed by atoms with E-state index in [2.05, 4.69) is 10.5 Å². The van der Waals surface area contributed by atoms with Gasteiger partial charge >= 0.3 is 5.69 Å². The Labute approximate surface area is 164 Å². The molecule has 9 nitrogen and oxygen atoms in total. The molecule has 0 aromatic heterocycles. The number of ether oxygens (including phenoxy) is 2. The number of benzene rings is 3. The minimum absolute atomic E-state index is 0.00868. The fourth-order valence-electron chi connectivity index (χ4n) is 2.92. The van der Waals surface area contributed by atoms with E-state index in [9.17, 15) is 20.0 Å². The third-order valence-corrected chi connectivity index (χ3v) is 4.38. The van der Waals surface area contributed by atoms with Crippen LogP contribution >= 0.6 is 0 Å². The maximum atomic E-state index is 12.3. The molecular weight excluding hydrogens is 378 g/mol. The molecule has 1 aliphatic rings. The van der Waals surface area contributed by atoms with E-state index in [0.717, 1.165) is 17.0 Å². The van der Waals surface area contributed by atoms with Crippen LogP contribution in [0.25, 0.3) is 10.8 Å². The van der Waals surface area contributed by atoms with E-state index in [4.69, 9.17) is 9.47 Å². The summed E-state index contributed by atoms with van der Waals surface area (Å²) in [4.78, 5) is 22.5. The van der Waals surface area contributed by atoms with Gasteiger partial charge in [0.2, 0.25) is 11.9 Å². The molecule has 0 bridgehead atoms. The number of phenolic OH excluding ortho intramolecular Hbond substituents is 1. The topological polar surface area (TPSA) is 123 Å². The molecule has 9 heteroatoms. The van der Waals surface area contributed by atoms with E-state index in [0.29, 0.717) is 11.5 Å². The summed E-state index contributed by atoms with van der Waals surface area (Å²) >= 11 is 0. The molecule has 0 spiro atoms. The minimum atomic E-state index is -0.917. The van der Waals surface area contributed by atoms with Crippen molar-refractivity contribution in [1.29, 1.82) is 0 Å². The molecule has 1 amide bonds. The van der Waals surface area contributed by atoms with Gasteiger partial charge in [0.1, 0.15) is 6.61 Å². The maximum Gasteiger partial charge on any atom is 0.311 e. The first kappa shape index (κ1) is 18.2. The van der Waals surface area contributed by atoms with Crippen molar-refractivity contribution in [3.8, 4) is 17.2 Å². The van der Waals surface area contributed by atoms with Gasteiger partial charge in [0.25, 0.3) is 5.91 Å². The highest BCUT2D eigenvalue weighted by atomic mass is 16.6. The van der Waals surface area contributed by atoms with Crippen LogP contribution in [0.15, 0.2) is 59.7 Å². The van der Waals surface area contributed by atoms with Gasteiger partial charge in [-0.1, -0.05) is 30.3 Å². The monoisotopic (exact) mass is 393 g/mol. The number of hydrogen-bond donors (Lipinski definition) is 2. The molecule has 2 N–H and O–H groups in total. The predicted octanol–water partition coefficient (Wildman–Crippen LogP) is 2.74. The number of fused-ring (bicyclic) bond motifs is 2. The quantitative estimate of drug-likeness (QED) is 0.399. The lowest BCUT2D eigenvalue weighted by Gasteiger charge is -2.25. The Kier molecular flexibility index (Phi) is 4.70. The summed E-state index contributed by atoms with van der Waals surface area (Å²) in [5.74, 6) is -0.0771. The number of phenols is 1. The molecule has 3 aromatic rings. The highest BCUT2D eigenvalue weighted by molar-refractivity contribution is 5.89. The summed E-state index contributed by atoms with van der Waals surface area (Å²) in [5, 5.41) is 26.4. The highest BCUT2D eigenvalue weighted by Crippen LogP contribution is 2.35. The summed E-state index contributed by atoms with van der Waals surface area (Å²) in [6.07, 6.45) is 0.199. The lowest BCUT2D eigenvalue weighted by atomic mass is 10.1. The second kappa shape index (κ2) is 7.47. The molecule has 1 heterocycles. The third-order valence-electron chi connectivity index (χ3n) is 4.38. The molecule has 1 aliphatic heterocycles. The molecule has 4 rings (SSSR count). The second-order valence-electron chi connectivity index (χ2n) is 6.27. The third kappa shape index (κ3) is 3.65. The summed E-state index contributed by atoms with van der Waals surface area (Å²) in [6, 6.07) is 15.4. The van der Waals surface area contributed by atoms with Gasteiger partial charge in [0.15, 0.2) is 11.5 Å². The van der Waals surface area contributed by atoms with Crippen molar-refractivity contribution in [2.45, 2.75) is 6.10 Å². The smallest absolute Gasteiger partial charge is 0.311 e. The van der Waals surface area contributed by atoms with Gasteiger partial charge in [0.05, 0.1) is 11.1 Å². The minimum Gasteiger partial charge on any atom is -0.502 e. The molecular formula is C20H15N3O6. The Hall–Kier alpha value is -4.14. The molecule has 0 fully saturated rings. The zero-order valence-electron chi connectivity index (χ0n) is 14.9. The van der Waals surface area contributed by atoms with E-state index in [-0.39, 0.29) is 12.2 Å². The van der Waals surface area contributed by atoms with Gasteiger partial charge in [-0.25, -0.2) is 5.43 Å². The average Bonchev–Trinajstić information content (AvgIpc) is 2.72. The number of aromatic hydroxyl groups is 1. The number of hydrogen-bond acceptors (Lipinski definition) is 7. The first-order valence-corrected chi connectivity index (χ1v) is 8.64. The Morgan fingerprint density at radius 3 is 2.62 bits per heavy atom. The number of hydrazone groups is 1. The van der Waals surface area contributed by atoms with Crippen LogP contribution in [0.3, 0.4) is 0 Å². The van der Waals surface area contributed by atoms with Crippen molar-refractivity contribution in [3.63, 3.8) is 0 Å². The number of nitrogens with one attached hydrogen (secondary N) is 1. The summed E-state index contributed by atoms with van der Waals surface area (Å²) in [5.41, 5.74) is 1.93. The Bertz CT molecular complexity index is 1140. The van der Waals surface area contributed by atoms with Crippen molar-refractivity contribution in [1.82, 2.24) is 5.43 Å². The largest absolute Gasteiger partial charge is 0.502 e. The molecule has 29 heavy (non-hydrogen) atoms. The van der Waals surface area contributed by atoms with Crippen molar-refractivity contribution in [3.05, 3.63) is 70.3 Å². The maximum absolute atomic E-state index is 12.3. The number of nitro groups is 1. The second-order valence-corrected chi connectivity index (χ2v) is 6.27. The Morgan fingerprint density at radius 2 is 1.90 bits per heavy atom. The average molecular weight is 393 g/mol. The van der Waals surface area contributed by atoms with E-state index in [1.165, 1.54) is 18.2 Å². The fourth-order valence-corrected chi connectivity index (χ4v) is 2.92. The molecule has 1 atom stereocenters. The molecule has 146 valence electrons. The zero-order valence-corrected chi connectivity index (χ0v) is 14.9. The first-order chi connectivity index (χ1) is 14.0. The van der Waals surface area contributed by atoms with Gasteiger partial charge in [-0.3, -0.25) is 14.9 Å². The summed E-state index contributed by atoms with van der Waals surface area (Å²) < 4.78 is 11.4. The summed E-state index contributed by atoms with van der Waals surface area (Å²) in [7, 11) is 0. The van der Waals surface area contributed by atoms with Crippen LogP contribution in [0.2, 0.25) is 0 Å². The van der Waals surface area contributed by atoms with Crippen molar-refractivity contribution in [2.75, 3.05) is 6.61 Å². The van der Waals surface area contributed by atoms with Crippen molar-refractivity contribution >= 4 is 28.6 Å².